The first-order chi connectivity index (χ1) is 13.9. The van der Waals surface area contributed by atoms with Crippen molar-refractivity contribution in [2.24, 2.45) is 5.92 Å². The van der Waals surface area contributed by atoms with Gasteiger partial charge in [-0.1, -0.05) is 45.1 Å². The van der Waals surface area contributed by atoms with Crippen LogP contribution in [0.1, 0.15) is 51.0 Å². The maximum atomic E-state index is 12.9. The molecular formula is C21H35N5O3. The Hall–Kier alpha value is -2.19. The molecule has 1 unspecified atom stereocenters. The van der Waals surface area contributed by atoms with Crippen LogP contribution in [-0.2, 0) is 16.1 Å². The Morgan fingerprint density at radius 1 is 1.28 bits per heavy atom. The minimum absolute atomic E-state index is 0.211. The number of aromatic nitrogens is 1. The molecule has 2 atom stereocenters. The number of likely N-dealkylation sites (N-methyl/N-ethyl adjacent to an activating group) is 1. The highest BCUT2D eigenvalue weighted by atomic mass is 16.3. The minimum atomic E-state index is -0.664. The van der Waals surface area contributed by atoms with Crippen molar-refractivity contribution >= 4 is 17.6 Å². The molecule has 5 N–H and O–H groups in total. The lowest BCUT2D eigenvalue weighted by Gasteiger charge is -2.29. The number of carbonyl (C=O) groups is 2. The summed E-state index contributed by atoms with van der Waals surface area (Å²) < 4.78 is 0. The first kappa shape index (κ1) is 23.1. The molecule has 1 aromatic rings. The van der Waals surface area contributed by atoms with Crippen molar-refractivity contribution in [3.05, 3.63) is 23.9 Å². The van der Waals surface area contributed by atoms with Gasteiger partial charge in [-0.25, -0.2) is 4.98 Å². The fourth-order valence-corrected chi connectivity index (χ4v) is 3.75. The lowest BCUT2D eigenvalue weighted by Crippen LogP contribution is -2.54. The van der Waals surface area contributed by atoms with Gasteiger partial charge in [0.15, 0.2) is 0 Å². The van der Waals surface area contributed by atoms with Gasteiger partial charge in [-0.2, -0.15) is 0 Å². The molecule has 2 rings (SSSR count). The van der Waals surface area contributed by atoms with Gasteiger partial charge in [0.25, 0.3) is 0 Å². The van der Waals surface area contributed by atoms with E-state index in [2.05, 4.69) is 15.6 Å². The molecule has 8 heteroatoms. The van der Waals surface area contributed by atoms with Crippen molar-refractivity contribution in [3.63, 3.8) is 0 Å². The first-order valence-corrected chi connectivity index (χ1v) is 10.5. The SMILES string of the molecule is CCN(C)C(CO)C(=O)N[C@@H](CC1CCCCC1)C(=O)NCc1ccc(N)nc1. The fraction of sp³-hybridized carbons (Fsp3) is 0.667. The molecule has 1 aliphatic carbocycles. The van der Waals surface area contributed by atoms with Gasteiger partial charge in [0.2, 0.25) is 11.8 Å². The molecule has 0 aliphatic heterocycles. The molecule has 0 aromatic carbocycles. The molecule has 1 saturated carbocycles. The van der Waals surface area contributed by atoms with Gasteiger partial charge < -0.3 is 21.5 Å². The second-order valence-electron chi connectivity index (χ2n) is 7.88. The Morgan fingerprint density at radius 3 is 2.59 bits per heavy atom. The number of aliphatic hydroxyl groups is 1. The molecule has 0 bridgehead atoms. The maximum Gasteiger partial charge on any atom is 0.242 e. The number of pyridine rings is 1. The summed E-state index contributed by atoms with van der Waals surface area (Å²) in [6.07, 6.45) is 7.98. The van der Waals surface area contributed by atoms with Gasteiger partial charge in [-0.15, -0.1) is 0 Å². The first-order valence-electron chi connectivity index (χ1n) is 10.5. The molecule has 1 heterocycles. The van der Waals surface area contributed by atoms with Gasteiger partial charge >= 0.3 is 0 Å². The largest absolute Gasteiger partial charge is 0.394 e. The number of hydrogen-bond donors (Lipinski definition) is 4. The number of rotatable bonds is 10. The van der Waals surface area contributed by atoms with Crippen molar-refractivity contribution in [3.8, 4) is 0 Å². The van der Waals surface area contributed by atoms with Gasteiger partial charge in [0, 0.05) is 12.7 Å². The number of aliphatic hydroxyl groups excluding tert-OH is 1. The summed E-state index contributed by atoms with van der Waals surface area (Å²) in [5, 5.41) is 15.4. The van der Waals surface area contributed by atoms with E-state index in [9.17, 15) is 14.7 Å². The van der Waals surface area contributed by atoms with Crippen LogP contribution in [-0.4, -0.2) is 59.1 Å². The molecule has 1 aromatic heterocycles. The monoisotopic (exact) mass is 405 g/mol. The molecule has 29 heavy (non-hydrogen) atoms. The smallest absolute Gasteiger partial charge is 0.242 e. The molecule has 8 nitrogen and oxygen atoms in total. The van der Waals surface area contributed by atoms with Crippen LogP contribution in [0.2, 0.25) is 0 Å². The number of hydrogen-bond acceptors (Lipinski definition) is 6. The van der Waals surface area contributed by atoms with Gasteiger partial charge in [-0.05, 0) is 37.6 Å². The number of nitrogens with one attached hydrogen (secondary N) is 2. The predicted octanol–water partition coefficient (Wildman–Crippen LogP) is 1.05. The maximum absolute atomic E-state index is 12.9. The zero-order chi connectivity index (χ0) is 21.2. The molecule has 1 fully saturated rings. The Kier molecular flexibility index (Phi) is 9.34. The summed E-state index contributed by atoms with van der Waals surface area (Å²) in [6.45, 7) is 2.58. The van der Waals surface area contributed by atoms with Crippen LogP contribution >= 0.6 is 0 Å². The molecule has 2 amide bonds. The van der Waals surface area contributed by atoms with Crippen LogP contribution in [0.5, 0.6) is 0 Å². The van der Waals surface area contributed by atoms with Crippen LogP contribution in [0, 0.1) is 5.92 Å². The summed E-state index contributed by atoms with van der Waals surface area (Å²) >= 11 is 0. The van der Waals surface area contributed by atoms with E-state index in [1.165, 1.54) is 19.3 Å². The van der Waals surface area contributed by atoms with Crippen molar-refractivity contribution < 1.29 is 14.7 Å². The molecule has 0 saturated heterocycles. The Bertz CT molecular complexity index is 646. The topological polar surface area (TPSA) is 121 Å². The van der Waals surface area contributed by atoms with Crippen molar-refractivity contribution in [1.29, 1.82) is 0 Å². The molecule has 1 aliphatic rings. The highest BCUT2D eigenvalue weighted by Crippen LogP contribution is 2.27. The van der Waals surface area contributed by atoms with Gasteiger partial charge in [0.05, 0.1) is 6.61 Å². The summed E-state index contributed by atoms with van der Waals surface area (Å²) in [7, 11) is 1.78. The average Bonchev–Trinajstić information content (AvgIpc) is 2.73. The standard InChI is InChI=1S/C21H35N5O3/c1-3-26(2)18(14-27)21(29)25-17(11-15-7-5-4-6-8-15)20(28)24-13-16-9-10-19(22)23-12-16/h9-10,12,15,17-18,27H,3-8,11,13-14H2,1-2H3,(H2,22,23)(H,24,28)(H,25,29)/t17-,18?/m0/s1. The number of amides is 2. The number of nitrogens with zero attached hydrogens (tertiary/aromatic N) is 2. The van der Waals surface area contributed by atoms with Crippen molar-refractivity contribution in [1.82, 2.24) is 20.5 Å². The predicted molar refractivity (Wildman–Crippen MR) is 113 cm³/mol. The second kappa shape index (κ2) is 11.7. The van der Waals surface area contributed by atoms with E-state index in [0.717, 1.165) is 18.4 Å². The third kappa shape index (κ3) is 7.29. The van der Waals surface area contributed by atoms with Crippen LogP contribution in [0.15, 0.2) is 18.3 Å². The molecular weight excluding hydrogens is 370 g/mol. The van der Waals surface area contributed by atoms with E-state index in [1.54, 1.807) is 24.2 Å². The van der Waals surface area contributed by atoms with Crippen molar-refractivity contribution in [2.75, 3.05) is 25.9 Å². The van der Waals surface area contributed by atoms with E-state index in [0.29, 0.717) is 31.2 Å². The molecule has 162 valence electrons. The third-order valence-electron chi connectivity index (χ3n) is 5.75. The third-order valence-corrected chi connectivity index (χ3v) is 5.75. The van der Waals surface area contributed by atoms with Crippen molar-refractivity contribution in [2.45, 2.75) is 64.1 Å². The number of carbonyl (C=O) groups excluding carboxylic acids is 2. The van der Waals surface area contributed by atoms with Crippen LogP contribution in [0.3, 0.4) is 0 Å². The minimum Gasteiger partial charge on any atom is -0.394 e. The average molecular weight is 406 g/mol. The highest BCUT2D eigenvalue weighted by molar-refractivity contribution is 5.89. The summed E-state index contributed by atoms with van der Waals surface area (Å²) in [4.78, 5) is 31.4. The van der Waals surface area contributed by atoms with E-state index in [-0.39, 0.29) is 18.4 Å². The second-order valence-corrected chi connectivity index (χ2v) is 7.88. The zero-order valence-corrected chi connectivity index (χ0v) is 17.6. The van der Waals surface area contributed by atoms with Crippen LogP contribution in [0.25, 0.3) is 0 Å². The van der Waals surface area contributed by atoms with E-state index < -0.39 is 12.1 Å². The fourth-order valence-electron chi connectivity index (χ4n) is 3.75. The molecule has 0 radical (unpaired) electrons. The van der Waals surface area contributed by atoms with Crippen LogP contribution in [0.4, 0.5) is 5.82 Å². The molecule has 0 spiro atoms. The van der Waals surface area contributed by atoms with E-state index >= 15 is 0 Å². The Morgan fingerprint density at radius 2 is 2.00 bits per heavy atom. The summed E-state index contributed by atoms with van der Waals surface area (Å²) in [6, 6.07) is 2.22. The number of nitrogen functional groups attached to an aromatic ring is 1. The van der Waals surface area contributed by atoms with Crippen LogP contribution < -0.4 is 16.4 Å². The highest BCUT2D eigenvalue weighted by Gasteiger charge is 2.29. The lowest BCUT2D eigenvalue weighted by atomic mass is 9.84. The van der Waals surface area contributed by atoms with Gasteiger partial charge in [-0.3, -0.25) is 14.5 Å². The number of nitrogens with two attached hydrogens (primary N) is 1. The Balaban J connectivity index is 2.03. The Labute approximate surface area is 173 Å². The summed E-state index contributed by atoms with van der Waals surface area (Å²) in [5.74, 6) is 0.325. The zero-order valence-electron chi connectivity index (χ0n) is 17.6. The quantitative estimate of drug-likeness (QED) is 0.462. The lowest BCUT2D eigenvalue weighted by molar-refractivity contribution is -0.133. The van der Waals surface area contributed by atoms with E-state index in [4.69, 9.17) is 5.73 Å². The van der Waals surface area contributed by atoms with Gasteiger partial charge in [0.1, 0.15) is 17.9 Å². The number of anilines is 1. The normalized spacial score (nSPS) is 17.0. The van der Waals surface area contributed by atoms with E-state index in [1.807, 2.05) is 13.0 Å². The summed E-state index contributed by atoms with van der Waals surface area (Å²) in [5.41, 5.74) is 6.44.